The van der Waals surface area contributed by atoms with Crippen molar-refractivity contribution in [3.63, 3.8) is 0 Å². The van der Waals surface area contributed by atoms with Gasteiger partial charge in [-0.25, -0.2) is 0 Å². The van der Waals surface area contributed by atoms with Crippen LogP contribution in [0.2, 0.25) is 0 Å². The molecular weight excluding hydrogens is 168 g/mol. The monoisotopic (exact) mass is 184 g/mol. The van der Waals surface area contributed by atoms with E-state index < -0.39 is 0 Å². The van der Waals surface area contributed by atoms with E-state index >= 15 is 0 Å². The summed E-state index contributed by atoms with van der Waals surface area (Å²) < 4.78 is 0. The van der Waals surface area contributed by atoms with Crippen molar-refractivity contribution in [1.82, 2.24) is 10.6 Å². The molecule has 2 nitrogen and oxygen atoms in total. The molecule has 2 rings (SSSR count). The molecule has 0 aromatic heterocycles. The molecule has 0 spiro atoms. The normalized spacial score (nSPS) is 24.8. The van der Waals surface area contributed by atoms with Gasteiger partial charge in [0.1, 0.15) is 0 Å². The topological polar surface area (TPSA) is 24.1 Å². The molecule has 2 N–H and O–H groups in total. The third-order valence-corrected chi connectivity index (χ3v) is 2.95. The van der Waals surface area contributed by atoms with E-state index in [1.165, 1.54) is 25.7 Å². The molecule has 0 atom stereocenters. The summed E-state index contributed by atoms with van der Waals surface area (Å²) in [6, 6.07) is 0.678. The van der Waals surface area contributed by atoms with Crippen molar-refractivity contribution < 1.29 is 0 Å². The van der Waals surface area contributed by atoms with Crippen molar-refractivity contribution in [3.05, 3.63) is 0 Å². The Kier molecular flexibility index (Phi) is 1.99. The lowest BCUT2D eigenvalue weighted by Gasteiger charge is -2.12. The Bertz CT molecular complexity index is 195. The van der Waals surface area contributed by atoms with Crippen LogP contribution in [0.5, 0.6) is 0 Å². The Morgan fingerprint density at radius 3 is 2.67 bits per heavy atom. The average Bonchev–Trinajstić information content (AvgIpc) is 2.87. The van der Waals surface area contributed by atoms with Crippen LogP contribution in [0, 0.1) is 5.41 Å². The number of hydrogen-bond donors (Lipinski definition) is 2. The molecule has 12 heavy (non-hydrogen) atoms. The molecule has 0 heterocycles. The molecule has 0 amide bonds. The molecule has 0 aromatic carbocycles. The maximum absolute atomic E-state index is 5.14. The van der Waals surface area contributed by atoms with Crippen LogP contribution in [0.3, 0.4) is 0 Å². The van der Waals surface area contributed by atoms with Crippen molar-refractivity contribution in [1.29, 1.82) is 0 Å². The van der Waals surface area contributed by atoms with Crippen LogP contribution in [-0.4, -0.2) is 17.7 Å². The molecule has 0 aliphatic heterocycles. The molecule has 2 aliphatic rings. The van der Waals surface area contributed by atoms with Crippen molar-refractivity contribution in [2.45, 2.75) is 38.6 Å². The third kappa shape index (κ3) is 2.34. The minimum absolute atomic E-state index is 0.551. The zero-order valence-electron chi connectivity index (χ0n) is 7.52. The Balaban J connectivity index is 1.61. The van der Waals surface area contributed by atoms with Gasteiger partial charge in [0.05, 0.1) is 0 Å². The van der Waals surface area contributed by atoms with Gasteiger partial charge in [-0.05, 0) is 43.3 Å². The molecule has 0 aromatic rings. The van der Waals surface area contributed by atoms with E-state index in [4.69, 9.17) is 12.2 Å². The molecule has 2 saturated carbocycles. The van der Waals surface area contributed by atoms with Crippen molar-refractivity contribution in [2.24, 2.45) is 5.41 Å². The van der Waals surface area contributed by atoms with Crippen molar-refractivity contribution in [3.8, 4) is 0 Å². The Morgan fingerprint density at radius 2 is 2.17 bits per heavy atom. The van der Waals surface area contributed by atoms with E-state index in [1.54, 1.807) is 0 Å². The van der Waals surface area contributed by atoms with Gasteiger partial charge in [0.25, 0.3) is 0 Å². The maximum Gasteiger partial charge on any atom is 0.166 e. The SMILES string of the molecule is CC1(CNC(=S)NC2CC2)CC1. The van der Waals surface area contributed by atoms with Gasteiger partial charge in [-0.3, -0.25) is 0 Å². The summed E-state index contributed by atoms with van der Waals surface area (Å²) in [6.45, 7) is 3.35. The summed E-state index contributed by atoms with van der Waals surface area (Å²) in [5.41, 5.74) is 0.551. The summed E-state index contributed by atoms with van der Waals surface area (Å²) in [6.07, 6.45) is 5.29. The first-order chi connectivity index (χ1) is 5.68. The summed E-state index contributed by atoms with van der Waals surface area (Å²) in [5, 5.41) is 7.40. The highest BCUT2D eigenvalue weighted by molar-refractivity contribution is 7.80. The fourth-order valence-corrected chi connectivity index (χ4v) is 1.39. The Morgan fingerprint density at radius 1 is 1.50 bits per heavy atom. The molecule has 0 saturated heterocycles. The van der Waals surface area contributed by atoms with E-state index in [0.29, 0.717) is 11.5 Å². The van der Waals surface area contributed by atoms with E-state index in [-0.39, 0.29) is 0 Å². The molecule has 0 radical (unpaired) electrons. The number of thiocarbonyl (C=S) groups is 1. The highest BCUT2D eigenvalue weighted by atomic mass is 32.1. The highest BCUT2D eigenvalue weighted by Crippen LogP contribution is 2.43. The zero-order chi connectivity index (χ0) is 8.60. The highest BCUT2D eigenvalue weighted by Gasteiger charge is 2.37. The number of hydrogen-bond acceptors (Lipinski definition) is 1. The molecule has 0 unspecified atom stereocenters. The van der Waals surface area contributed by atoms with Gasteiger partial charge >= 0.3 is 0 Å². The quantitative estimate of drug-likeness (QED) is 0.649. The first-order valence-corrected chi connectivity index (χ1v) is 5.13. The van der Waals surface area contributed by atoms with E-state index in [9.17, 15) is 0 Å². The van der Waals surface area contributed by atoms with E-state index in [1.807, 2.05) is 0 Å². The zero-order valence-corrected chi connectivity index (χ0v) is 8.34. The second kappa shape index (κ2) is 2.87. The second-order valence-electron chi connectivity index (χ2n) is 4.41. The van der Waals surface area contributed by atoms with Gasteiger partial charge in [-0.2, -0.15) is 0 Å². The van der Waals surface area contributed by atoms with Crippen molar-refractivity contribution in [2.75, 3.05) is 6.54 Å². The predicted octanol–water partition coefficient (Wildman–Crippen LogP) is 1.41. The van der Waals surface area contributed by atoms with E-state index in [2.05, 4.69) is 17.6 Å². The van der Waals surface area contributed by atoms with Crippen LogP contribution >= 0.6 is 12.2 Å². The van der Waals surface area contributed by atoms with Crippen LogP contribution < -0.4 is 10.6 Å². The summed E-state index contributed by atoms with van der Waals surface area (Å²) in [5.74, 6) is 0. The average molecular weight is 184 g/mol. The fraction of sp³-hybridized carbons (Fsp3) is 0.889. The number of nitrogens with one attached hydrogen (secondary N) is 2. The lowest BCUT2D eigenvalue weighted by atomic mass is 10.1. The summed E-state index contributed by atoms with van der Waals surface area (Å²) in [4.78, 5) is 0. The van der Waals surface area contributed by atoms with E-state index in [0.717, 1.165) is 11.7 Å². The predicted molar refractivity (Wildman–Crippen MR) is 54.1 cm³/mol. The van der Waals surface area contributed by atoms with Gasteiger partial charge in [-0.1, -0.05) is 6.92 Å². The summed E-state index contributed by atoms with van der Waals surface area (Å²) in [7, 11) is 0. The minimum atomic E-state index is 0.551. The summed E-state index contributed by atoms with van der Waals surface area (Å²) >= 11 is 5.14. The Hall–Kier alpha value is -0.310. The van der Waals surface area contributed by atoms with Gasteiger partial charge in [0, 0.05) is 12.6 Å². The van der Waals surface area contributed by atoms with Crippen LogP contribution in [0.25, 0.3) is 0 Å². The van der Waals surface area contributed by atoms with Crippen molar-refractivity contribution >= 4 is 17.3 Å². The second-order valence-corrected chi connectivity index (χ2v) is 4.82. The van der Waals surface area contributed by atoms with Gasteiger partial charge in [0.2, 0.25) is 0 Å². The minimum Gasteiger partial charge on any atom is -0.362 e. The van der Waals surface area contributed by atoms with Crippen LogP contribution in [0.4, 0.5) is 0 Å². The lowest BCUT2D eigenvalue weighted by Crippen LogP contribution is -2.39. The third-order valence-electron chi connectivity index (χ3n) is 2.69. The van der Waals surface area contributed by atoms with Crippen LogP contribution in [0.15, 0.2) is 0 Å². The largest absolute Gasteiger partial charge is 0.362 e. The fourth-order valence-electron chi connectivity index (χ4n) is 1.15. The smallest absolute Gasteiger partial charge is 0.166 e. The first kappa shape index (κ1) is 8.30. The first-order valence-electron chi connectivity index (χ1n) is 4.72. The molecule has 2 fully saturated rings. The maximum atomic E-state index is 5.14. The molecule has 0 bridgehead atoms. The molecule has 3 heteroatoms. The van der Waals surface area contributed by atoms with Crippen LogP contribution in [0.1, 0.15) is 32.6 Å². The lowest BCUT2D eigenvalue weighted by molar-refractivity contribution is 0.552. The van der Waals surface area contributed by atoms with Gasteiger partial charge < -0.3 is 10.6 Å². The van der Waals surface area contributed by atoms with Crippen LogP contribution in [-0.2, 0) is 0 Å². The molecule has 68 valence electrons. The molecular formula is C9H16N2S. The van der Waals surface area contributed by atoms with Gasteiger partial charge in [0.15, 0.2) is 5.11 Å². The molecule has 2 aliphatic carbocycles. The Labute approximate surface area is 79.1 Å². The standard InChI is InChI=1S/C9H16N2S/c1-9(4-5-9)6-10-8(12)11-7-2-3-7/h7H,2-6H2,1H3,(H2,10,11,12). The van der Waals surface area contributed by atoms with Gasteiger partial charge in [-0.15, -0.1) is 0 Å². The number of rotatable bonds is 3.